The highest BCUT2D eigenvalue weighted by molar-refractivity contribution is 5.92. The number of nitrogens with one attached hydrogen (secondary N) is 2. The minimum absolute atomic E-state index is 0.0512. The number of carbonyl (C=O) groups excluding carboxylic acids is 1. The number of piperidine rings is 1. The predicted molar refractivity (Wildman–Crippen MR) is 127 cm³/mol. The van der Waals surface area contributed by atoms with Crippen LogP contribution >= 0.6 is 0 Å². The number of anilines is 1. The Balaban J connectivity index is 1.58. The number of aryl methyl sites for hydroxylation is 2. The van der Waals surface area contributed by atoms with Gasteiger partial charge in [0.2, 0.25) is 0 Å². The van der Waals surface area contributed by atoms with Crippen LogP contribution in [0.4, 0.5) is 23.4 Å². The van der Waals surface area contributed by atoms with Gasteiger partial charge in [-0.1, -0.05) is 12.0 Å². The first-order valence-corrected chi connectivity index (χ1v) is 11.5. The SMILES string of the molecule is Cc1nc(C(=O)NCC#Cc2nn3c(N[C@@H]4CCN(C)C[C@@H]4F)cccc3c2CC(F)(F)F)cn1C. The quantitative estimate of drug-likeness (QED) is 0.412. The molecule has 3 aromatic rings. The van der Waals surface area contributed by atoms with Crippen LogP contribution in [-0.2, 0) is 13.5 Å². The van der Waals surface area contributed by atoms with Crippen LogP contribution in [0.2, 0.25) is 0 Å². The molecule has 192 valence electrons. The Morgan fingerprint density at radius 2 is 2.06 bits per heavy atom. The van der Waals surface area contributed by atoms with E-state index in [1.807, 2.05) is 11.9 Å². The Morgan fingerprint density at radius 3 is 2.72 bits per heavy atom. The molecule has 0 unspecified atom stereocenters. The molecule has 0 spiro atoms. The van der Waals surface area contributed by atoms with E-state index in [4.69, 9.17) is 0 Å². The van der Waals surface area contributed by atoms with Gasteiger partial charge >= 0.3 is 6.18 Å². The average Bonchev–Trinajstić information content (AvgIpc) is 3.32. The van der Waals surface area contributed by atoms with Crippen LogP contribution in [0.3, 0.4) is 0 Å². The normalized spacial score (nSPS) is 18.6. The van der Waals surface area contributed by atoms with E-state index in [9.17, 15) is 22.4 Å². The fourth-order valence-electron chi connectivity index (χ4n) is 4.12. The molecule has 36 heavy (non-hydrogen) atoms. The number of nitrogens with zero attached hydrogens (tertiary/aromatic N) is 5. The van der Waals surface area contributed by atoms with Gasteiger partial charge < -0.3 is 20.1 Å². The van der Waals surface area contributed by atoms with Crippen LogP contribution in [0.25, 0.3) is 5.52 Å². The van der Waals surface area contributed by atoms with Gasteiger partial charge in [0.1, 0.15) is 29.2 Å². The number of alkyl halides is 4. The summed E-state index contributed by atoms with van der Waals surface area (Å²) in [5.41, 5.74) is 0.325. The van der Waals surface area contributed by atoms with Crippen LogP contribution in [0.15, 0.2) is 24.4 Å². The second kappa shape index (κ2) is 10.2. The summed E-state index contributed by atoms with van der Waals surface area (Å²) < 4.78 is 57.7. The molecule has 8 nitrogen and oxygen atoms in total. The van der Waals surface area contributed by atoms with Crippen molar-refractivity contribution in [3.63, 3.8) is 0 Å². The zero-order chi connectivity index (χ0) is 26.0. The molecule has 0 bridgehead atoms. The highest BCUT2D eigenvalue weighted by Gasteiger charge is 2.32. The van der Waals surface area contributed by atoms with Gasteiger partial charge in [-0.3, -0.25) is 4.79 Å². The van der Waals surface area contributed by atoms with Gasteiger partial charge in [0, 0.05) is 31.9 Å². The van der Waals surface area contributed by atoms with Crippen molar-refractivity contribution in [3.8, 4) is 11.8 Å². The van der Waals surface area contributed by atoms with E-state index in [2.05, 4.69) is 32.6 Å². The van der Waals surface area contributed by atoms with Gasteiger partial charge in [-0.15, -0.1) is 0 Å². The van der Waals surface area contributed by atoms with E-state index in [1.54, 1.807) is 36.9 Å². The van der Waals surface area contributed by atoms with E-state index in [0.717, 1.165) is 0 Å². The highest BCUT2D eigenvalue weighted by Crippen LogP contribution is 2.28. The lowest BCUT2D eigenvalue weighted by Gasteiger charge is -2.33. The van der Waals surface area contributed by atoms with Gasteiger partial charge in [0.05, 0.1) is 24.5 Å². The first kappa shape index (κ1) is 25.5. The highest BCUT2D eigenvalue weighted by atomic mass is 19.4. The maximum absolute atomic E-state index is 14.6. The number of carbonyl (C=O) groups is 1. The van der Waals surface area contributed by atoms with Gasteiger partial charge in [0.15, 0.2) is 0 Å². The molecule has 1 fully saturated rings. The maximum Gasteiger partial charge on any atom is 0.393 e. The van der Waals surface area contributed by atoms with Crippen LogP contribution in [0.1, 0.15) is 34.0 Å². The maximum atomic E-state index is 14.6. The van der Waals surface area contributed by atoms with Crippen LogP contribution in [-0.4, -0.2) is 75.0 Å². The number of halogens is 4. The van der Waals surface area contributed by atoms with Gasteiger partial charge in [-0.2, -0.15) is 18.3 Å². The summed E-state index contributed by atoms with van der Waals surface area (Å²) in [7, 11) is 3.60. The Labute approximate surface area is 205 Å². The minimum atomic E-state index is -4.48. The lowest BCUT2D eigenvalue weighted by atomic mass is 10.0. The van der Waals surface area contributed by atoms with E-state index >= 15 is 0 Å². The molecular formula is C24H27F4N7O. The summed E-state index contributed by atoms with van der Waals surface area (Å²) in [4.78, 5) is 18.2. The van der Waals surface area contributed by atoms with Gasteiger partial charge in [-0.05, 0) is 38.4 Å². The van der Waals surface area contributed by atoms with Gasteiger partial charge in [0.25, 0.3) is 5.91 Å². The molecule has 4 heterocycles. The third-order valence-electron chi connectivity index (χ3n) is 6.10. The lowest BCUT2D eigenvalue weighted by Crippen LogP contribution is -2.46. The predicted octanol–water partition coefficient (Wildman–Crippen LogP) is 2.72. The summed E-state index contributed by atoms with van der Waals surface area (Å²) >= 11 is 0. The number of likely N-dealkylation sites (tertiary alicyclic amines) is 1. The number of pyridine rings is 1. The summed E-state index contributed by atoms with van der Waals surface area (Å²) in [6, 6.07) is 4.29. The first-order valence-electron chi connectivity index (χ1n) is 11.5. The Morgan fingerprint density at radius 1 is 1.28 bits per heavy atom. The lowest BCUT2D eigenvalue weighted by molar-refractivity contribution is -0.127. The van der Waals surface area contributed by atoms with Gasteiger partial charge in [-0.25, -0.2) is 13.9 Å². The Bertz CT molecular complexity index is 1300. The summed E-state index contributed by atoms with van der Waals surface area (Å²) in [6.07, 6.45) is -4.71. The van der Waals surface area contributed by atoms with Crippen molar-refractivity contribution in [1.82, 2.24) is 29.4 Å². The molecular weight excluding hydrogens is 478 g/mol. The van der Waals surface area contributed by atoms with E-state index < -0.39 is 30.7 Å². The van der Waals surface area contributed by atoms with Crippen LogP contribution < -0.4 is 10.6 Å². The van der Waals surface area contributed by atoms with E-state index in [-0.39, 0.29) is 35.6 Å². The van der Waals surface area contributed by atoms with Crippen molar-refractivity contribution in [2.24, 2.45) is 7.05 Å². The van der Waals surface area contributed by atoms with Crippen molar-refractivity contribution >= 4 is 17.2 Å². The zero-order valence-corrected chi connectivity index (χ0v) is 20.2. The third kappa shape index (κ3) is 5.79. The largest absolute Gasteiger partial charge is 0.393 e. The number of rotatable bonds is 5. The number of imidazole rings is 1. The molecule has 12 heteroatoms. The fraction of sp³-hybridized carbons (Fsp3) is 0.458. The smallest absolute Gasteiger partial charge is 0.364 e. The molecule has 2 N–H and O–H groups in total. The molecule has 4 rings (SSSR count). The molecule has 0 aromatic carbocycles. The molecule has 3 aromatic heterocycles. The second-order valence-electron chi connectivity index (χ2n) is 8.91. The second-order valence-corrected chi connectivity index (χ2v) is 8.91. The van der Waals surface area contributed by atoms with Crippen LogP contribution in [0, 0.1) is 18.8 Å². The van der Waals surface area contributed by atoms with Crippen LogP contribution in [0.5, 0.6) is 0 Å². The molecule has 0 aliphatic carbocycles. The number of fused-ring (bicyclic) bond motifs is 1. The molecule has 1 saturated heterocycles. The molecule has 2 atom stereocenters. The minimum Gasteiger partial charge on any atom is -0.364 e. The van der Waals surface area contributed by atoms with Crippen molar-refractivity contribution in [2.75, 3.05) is 32.0 Å². The van der Waals surface area contributed by atoms with E-state index in [0.29, 0.717) is 24.6 Å². The summed E-state index contributed by atoms with van der Waals surface area (Å²) in [6.45, 7) is 2.63. The zero-order valence-electron chi connectivity index (χ0n) is 20.2. The van der Waals surface area contributed by atoms with Crippen molar-refractivity contribution < 1.29 is 22.4 Å². The molecule has 1 aliphatic rings. The third-order valence-corrected chi connectivity index (χ3v) is 6.10. The monoisotopic (exact) mass is 505 g/mol. The molecule has 1 aliphatic heterocycles. The van der Waals surface area contributed by atoms with E-state index in [1.165, 1.54) is 10.6 Å². The molecule has 0 radical (unpaired) electrons. The average molecular weight is 506 g/mol. The molecule has 0 saturated carbocycles. The van der Waals surface area contributed by atoms with Crippen molar-refractivity contribution in [1.29, 1.82) is 0 Å². The van der Waals surface area contributed by atoms with Crippen molar-refractivity contribution in [2.45, 2.75) is 38.2 Å². The fourth-order valence-corrected chi connectivity index (χ4v) is 4.12. The number of hydrogen-bond donors (Lipinski definition) is 2. The molecule has 1 amide bonds. The summed E-state index contributed by atoms with van der Waals surface area (Å²) in [5.74, 6) is 5.95. The topological polar surface area (TPSA) is 79.5 Å². The number of hydrogen-bond acceptors (Lipinski definition) is 5. The number of aromatic nitrogens is 4. The Kier molecular flexibility index (Phi) is 7.21. The summed E-state index contributed by atoms with van der Waals surface area (Å²) in [5, 5.41) is 10.0. The standard InChI is InChI=1S/C24H27F4N7O/c1-15-30-20(14-34(15)3)23(36)29-10-5-6-18-16(12-24(26,27)28)21-7-4-8-22(35(21)32-18)31-19-9-11-33(2)13-17(19)25/h4,7-8,14,17,19,31H,9-13H2,1-3H3,(H,29,36)/t17-,19+/m0/s1. The van der Waals surface area contributed by atoms with Crippen molar-refractivity contribution in [3.05, 3.63) is 47.2 Å². The Hall–Kier alpha value is -3.59. The first-order chi connectivity index (χ1) is 17.0. The number of amides is 1.